The molecule has 0 spiro atoms. The van der Waals surface area contributed by atoms with Gasteiger partial charge in [0.2, 0.25) is 0 Å². The number of hydrogen-bond donors (Lipinski definition) is 0. The van der Waals surface area contributed by atoms with Crippen LogP contribution in [0.25, 0.3) is 0 Å². The molecule has 42 heavy (non-hydrogen) atoms. The van der Waals surface area contributed by atoms with Crippen molar-refractivity contribution < 1.29 is 0 Å². The summed E-state index contributed by atoms with van der Waals surface area (Å²) in [7, 11) is -1.80. The SMILES string of the molecule is CC1(C)C=CC=C2C1=Nc1cccc(P(c3ccccc3)c3ccccc3)c1N2P(c1ccccc1)c1ccccc1. The van der Waals surface area contributed by atoms with Gasteiger partial charge in [-0.1, -0.05) is 159 Å². The lowest BCUT2D eigenvalue weighted by Crippen LogP contribution is -2.41. The topological polar surface area (TPSA) is 15.6 Å². The van der Waals surface area contributed by atoms with Gasteiger partial charge in [-0.3, -0.25) is 0 Å². The molecule has 0 radical (unpaired) electrons. The molecule has 4 heteroatoms. The predicted octanol–water partition coefficient (Wildman–Crippen LogP) is 7.87. The van der Waals surface area contributed by atoms with E-state index >= 15 is 0 Å². The molecule has 0 saturated heterocycles. The van der Waals surface area contributed by atoms with Crippen LogP contribution in [0.15, 0.2) is 168 Å². The molecule has 5 aromatic carbocycles. The van der Waals surface area contributed by atoms with E-state index in [4.69, 9.17) is 4.99 Å². The van der Waals surface area contributed by atoms with E-state index in [9.17, 15) is 0 Å². The van der Waals surface area contributed by atoms with Gasteiger partial charge in [0, 0.05) is 21.3 Å². The Bertz CT molecular complexity index is 1720. The number of hydrogen-bond acceptors (Lipinski definition) is 2. The first-order valence-electron chi connectivity index (χ1n) is 14.3. The first-order chi connectivity index (χ1) is 20.6. The van der Waals surface area contributed by atoms with Crippen molar-refractivity contribution in [2.75, 3.05) is 4.67 Å². The van der Waals surface area contributed by atoms with Crippen LogP contribution >= 0.6 is 16.0 Å². The fourth-order valence-corrected chi connectivity index (χ4v) is 10.8. The number of aliphatic imine (C=N–C) groups is 1. The second kappa shape index (κ2) is 11.3. The average molecular weight is 579 g/mol. The molecule has 1 aliphatic carbocycles. The Morgan fingerprint density at radius 1 is 0.571 bits per heavy atom. The zero-order valence-electron chi connectivity index (χ0n) is 23.8. The molecule has 0 saturated carbocycles. The summed E-state index contributed by atoms with van der Waals surface area (Å²) < 4.78 is 2.65. The lowest BCUT2D eigenvalue weighted by Gasteiger charge is -2.44. The van der Waals surface area contributed by atoms with Gasteiger partial charge in [-0.2, -0.15) is 0 Å². The van der Waals surface area contributed by atoms with Crippen molar-refractivity contribution in [1.82, 2.24) is 0 Å². The fraction of sp³-hybridized carbons (Fsp3) is 0.0789. The van der Waals surface area contributed by atoms with Crippen molar-refractivity contribution in [3.8, 4) is 0 Å². The van der Waals surface area contributed by atoms with Crippen LogP contribution in [0.1, 0.15) is 13.8 Å². The summed E-state index contributed by atoms with van der Waals surface area (Å²) in [6, 6.07) is 50.8. The third-order valence-electron chi connectivity index (χ3n) is 7.76. The molecule has 0 amide bonds. The molecule has 1 heterocycles. The van der Waals surface area contributed by atoms with Gasteiger partial charge in [-0.25, -0.2) is 4.99 Å². The summed E-state index contributed by atoms with van der Waals surface area (Å²) in [5.41, 5.74) is 4.39. The van der Waals surface area contributed by atoms with E-state index in [0.717, 1.165) is 11.4 Å². The molecule has 0 unspecified atom stereocenters. The van der Waals surface area contributed by atoms with E-state index in [-0.39, 0.29) is 5.41 Å². The van der Waals surface area contributed by atoms with Gasteiger partial charge < -0.3 is 4.67 Å². The third-order valence-corrected chi connectivity index (χ3v) is 12.6. The van der Waals surface area contributed by atoms with Crippen LogP contribution in [0.4, 0.5) is 11.4 Å². The molecule has 5 aromatic rings. The highest BCUT2D eigenvalue weighted by molar-refractivity contribution is 7.80. The molecule has 0 aromatic heterocycles. The molecular formula is C38H32N2P2. The smallest absolute Gasteiger partial charge is 0.0880 e. The number of rotatable bonds is 6. The van der Waals surface area contributed by atoms with Crippen LogP contribution in [0, 0.1) is 5.41 Å². The van der Waals surface area contributed by atoms with Gasteiger partial charge in [-0.05, 0) is 30.7 Å². The fourth-order valence-electron chi connectivity index (χ4n) is 5.80. The average Bonchev–Trinajstić information content (AvgIpc) is 3.03. The van der Waals surface area contributed by atoms with E-state index in [1.54, 1.807) is 0 Å². The Morgan fingerprint density at radius 2 is 1.07 bits per heavy atom. The van der Waals surface area contributed by atoms with Gasteiger partial charge in [0.05, 0.1) is 30.9 Å². The van der Waals surface area contributed by atoms with E-state index in [0.29, 0.717) is 0 Å². The molecule has 0 bridgehead atoms. The second-order valence-corrected chi connectivity index (χ2v) is 15.3. The molecule has 0 atom stereocenters. The Labute approximate surface area is 251 Å². The molecule has 1 aliphatic heterocycles. The molecule has 7 rings (SSSR count). The van der Waals surface area contributed by atoms with E-state index in [2.05, 4.69) is 176 Å². The zero-order valence-corrected chi connectivity index (χ0v) is 25.6. The summed E-state index contributed by atoms with van der Waals surface area (Å²) in [6.07, 6.45) is 6.77. The van der Waals surface area contributed by atoms with Crippen LogP contribution in [0.5, 0.6) is 0 Å². The number of benzene rings is 5. The van der Waals surface area contributed by atoms with Crippen molar-refractivity contribution >= 4 is 59.6 Å². The molecule has 2 nitrogen and oxygen atoms in total. The third kappa shape index (κ3) is 4.86. The highest BCUT2D eigenvalue weighted by Gasteiger charge is 2.40. The van der Waals surface area contributed by atoms with E-state index < -0.39 is 16.0 Å². The van der Waals surface area contributed by atoms with Crippen LogP contribution in [0.3, 0.4) is 0 Å². The monoisotopic (exact) mass is 578 g/mol. The van der Waals surface area contributed by atoms with E-state index in [1.807, 2.05) is 0 Å². The summed E-state index contributed by atoms with van der Waals surface area (Å²) in [4.78, 5) is 5.45. The highest BCUT2D eigenvalue weighted by Crippen LogP contribution is 2.55. The first kappa shape index (κ1) is 26.8. The molecule has 0 fully saturated rings. The van der Waals surface area contributed by atoms with Gasteiger partial charge in [0.15, 0.2) is 0 Å². The predicted molar refractivity (Wildman–Crippen MR) is 185 cm³/mol. The minimum Gasteiger partial charge on any atom is -0.307 e. The molecule has 2 aliphatic rings. The lowest BCUT2D eigenvalue weighted by molar-refractivity contribution is 0.669. The Hall–Kier alpha value is -4.09. The lowest BCUT2D eigenvalue weighted by atomic mass is 9.81. The number of fused-ring (bicyclic) bond motifs is 2. The first-order valence-corrected chi connectivity index (χ1v) is 17.0. The van der Waals surface area contributed by atoms with Crippen molar-refractivity contribution in [2.24, 2.45) is 10.4 Å². The van der Waals surface area contributed by atoms with Crippen LogP contribution in [-0.4, -0.2) is 5.71 Å². The van der Waals surface area contributed by atoms with Crippen molar-refractivity contribution in [1.29, 1.82) is 0 Å². The van der Waals surface area contributed by atoms with Crippen LogP contribution in [-0.2, 0) is 0 Å². The van der Waals surface area contributed by atoms with Gasteiger partial charge in [0.1, 0.15) is 0 Å². The maximum Gasteiger partial charge on any atom is 0.0880 e. The number of nitrogens with zero attached hydrogens (tertiary/aromatic N) is 2. The van der Waals surface area contributed by atoms with E-state index in [1.165, 1.54) is 37.9 Å². The maximum atomic E-state index is 5.45. The van der Waals surface area contributed by atoms with Crippen LogP contribution < -0.4 is 31.2 Å². The summed E-state index contributed by atoms with van der Waals surface area (Å²) >= 11 is 0. The zero-order chi connectivity index (χ0) is 28.5. The van der Waals surface area contributed by atoms with Gasteiger partial charge in [0.25, 0.3) is 0 Å². The minimum absolute atomic E-state index is 0.187. The second-order valence-electron chi connectivity index (χ2n) is 11.0. The summed E-state index contributed by atoms with van der Waals surface area (Å²) in [5.74, 6) is 0. The minimum atomic E-state index is -0.959. The Balaban J connectivity index is 1.56. The van der Waals surface area contributed by atoms with Crippen molar-refractivity contribution in [2.45, 2.75) is 13.8 Å². The van der Waals surface area contributed by atoms with Gasteiger partial charge in [-0.15, -0.1) is 0 Å². The quantitative estimate of drug-likeness (QED) is 0.187. The van der Waals surface area contributed by atoms with Crippen molar-refractivity contribution in [3.63, 3.8) is 0 Å². The number of anilines is 1. The largest absolute Gasteiger partial charge is 0.307 e. The van der Waals surface area contributed by atoms with Crippen LogP contribution in [0.2, 0.25) is 0 Å². The standard InChI is InChI=1S/C38H32N2P2/c1-38(2)28-16-26-34-37(38)39-33-25-15-27-35(41(29-17-7-3-8-18-29)30-19-9-4-10-20-30)36(33)40(34)42(31-21-11-5-12-22-31)32-23-13-6-14-24-32/h3-28H,1-2H3. The summed E-state index contributed by atoms with van der Waals surface area (Å²) in [5, 5.41) is 6.64. The van der Waals surface area contributed by atoms with Gasteiger partial charge >= 0.3 is 0 Å². The molecular weight excluding hydrogens is 546 g/mol. The molecule has 0 N–H and O–H groups in total. The maximum absolute atomic E-state index is 5.45. The highest BCUT2D eigenvalue weighted by atomic mass is 31.1. The molecule has 204 valence electrons. The normalized spacial score (nSPS) is 15.2. The van der Waals surface area contributed by atoms with Crippen molar-refractivity contribution in [3.05, 3.63) is 163 Å². The Morgan fingerprint density at radius 3 is 1.60 bits per heavy atom. The summed E-state index contributed by atoms with van der Waals surface area (Å²) in [6.45, 7) is 4.55. The number of allylic oxidation sites excluding steroid dienone is 4. The number of para-hydroxylation sites is 1. The Kier molecular flexibility index (Phi) is 7.20.